The summed E-state index contributed by atoms with van der Waals surface area (Å²) in [5, 5.41) is 16.9. The lowest BCUT2D eigenvalue weighted by atomic mass is 9.96. The molecule has 130 valence electrons. The quantitative estimate of drug-likeness (QED) is 0.842. The fraction of sp³-hybridized carbons (Fsp3) is 0.263. The molecule has 2 aromatic carbocycles. The van der Waals surface area contributed by atoms with Crippen LogP contribution in [-0.2, 0) is 5.72 Å². The molecular formula is C19H19BrN2O3. The van der Waals surface area contributed by atoms with Crippen LogP contribution in [0.5, 0.6) is 5.75 Å². The van der Waals surface area contributed by atoms with Crippen molar-refractivity contribution in [1.82, 2.24) is 5.01 Å². The van der Waals surface area contributed by atoms with Crippen molar-refractivity contribution in [2.75, 3.05) is 7.11 Å². The number of methoxy groups -OCH3 is 1. The Morgan fingerprint density at radius 2 is 1.88 bits per heavy atom. The van der Waals surface area contributed by atoms with Gasteiger partial charge in [-0.3, -0.25) is 4.79 Å². The van der Waals surface area contributed by atoms with E-state index in [4.69, 9.17) is 4.74 Å². The standard InChI is InChI=1S/C19H19BrN2O3/c1-3-16-12-19(24,14-6-10-17(25-2)11-7-14)22(21-16)18(23)13-4-8-15(20)9-5-13/h4-11,24H,3,12H2,1-2H3/t19-/m0/s1. The Labute approximate surface area is 155 Å². The third-order valence-corrected chi connectivity index (χ3v) is 4.82. The highest BCUT2D eigenvalue weighted by Crippen LogP contribution is 2.37. The maximum Gasteiger partial charge on any atom is 0.276 e. The van der Waals surface area contributed by atoms with E-state index in [1.165, 1.54) is 5.01 Å². The SMILES string of the molecule is CCC1=NN(C(=O)c2ccc(Br)cc2)[C@@](O)(c2ccc(OC)cc2)C1. The van der Waals surface area contributed by atoms with Crippen LogP contribution in [0.3, 0.4) is 0 Å². The number of hydrogen-bond donors (Lipinski definition) is 1. The molecule has 1 amide bonds. The van der Waals surface area contributed by atoms with Crippen molar-refractivity contribution in [3.63, 3.8) is 0 Å². The summed E-state index contributed by atoms with van der Waals surface area (Å²) in [6.07, 6.45) is 0.959. The molecule has 5 nitrogen and oxygen atoms in total. The Balaban J connectivity index is 1.99. The van der Waals surface area contributed by atoms with Crippen LogP contribution in [0.4, 0.5) is 0 Å². The van der Waals surface area contributed by atoms with Gasteiger partial charge in [0, 0.05) is 27.7 Å². The van der Waals surface area contributed by atoms with Crippen LogP contribution in [-0.4, -0.2) is 28.8 Å². The monoisotopic (exact) mass is 402 g/mol. The van der Waals surface area contributed by atoms with Gasteiger partial charge in [0.15, 0.2) is 5.72 Å². The lowest BCUT2D eigenvalue weighted by molar-refractivity contribution is -0.0765. The highest BCUT2D eigenvalue weighted by molar-refractivity contribution is 9.10. The van der Waals surface area contributed by atoms with Crippen molar-refractivity contribution in [3.8, 4) is 5.75 Å². The number of benzene rings is 2. The third-order valence-electron chi connectivity index (χ3n) is 4.29. The first-order valence-corrected chi connectivity index (χ1v) is 8.80. The summed E-state index contributed by atoms with van der Waals surface area (Å²) in [5.74, 6) is 0.349. The fourth-order valence-electron chi connectivity index (χ4n) is 2.83. The molecule has 0 radical (unpaired) electrons. The summed E-state index contributed by atoms with van der Waals surface area (Å²) >= 11 is 3.36. The Morgan fingerprint density at radius 1 is 1.24 bits per heavy atom. The zero-order chi connectivity index (χ0) is 18.0. The van der Waals surface area contributed by atoms with Gasteiger partial charge < -0.3 is 9.84 Å². The number of nitrogens with zero attached hydrogens (tertiary/aromatic N) is 2. The topological polar surface area (TPSA) is 62.1 Å². The van der Waals surface area contributed by atoms with E-state index in [2.05, 4.69) is 21.0 Å². The first-order valence-electron chi connectivity index (χ1n) is 8.01. The van der Waals surface area contributed by atoms with Crippen LogP contribution in [0.1, 0.15) is 35.7 Å². The second-order valence-electron chi connectivity index (χ2n) is 5.87. The second kappa shape index (κ2) is 6.98. The molecule has 1 aliphatic rings. The number of aliphatic hydroxyl groups is 1. The molecule has 25 heavy (non-hydrogen) atoms. The highest BCUT2D eigenvalue weighted by Gasteiger charge is 2.45. The van der Waals surface area contributed by atoms with Crippen LogP contribution in [0.2, 0.25) is 0 Å². The summed E-state index contributed by atoms with van der Waals surface area (Å²) in [6, 6.07) is 14.0. The molecule has 0 saturated carbocycles. The normalized spacial score (nSPS) is 19.7. The average molecular weight is 403 g/mol. The molecule has 0 aliphatic carbocycles. The maximum absolute atomic E-state index is 13.0. The van der Waals surface area contributed by atoms with E-state index < -0.39 is 5.72 Å². The summed E-state index contributed by atoms with van der Waals surface area (Å²) in [6.45, 7) is 1.96. The minimum atomic E-state index is -1.50. The first kappa shape index (κ1) is 17.6. The van der Waals surface area contributed by atoms with Crippen LogP contribution < -0.4 is 4.74 Å². The maximum atomic E-state index is 13.0. The number of halogens is 1. The number of rotatable bonds is 4. The van der Waals surface area contributed by atoms with Crippen molar-refractivity contribution in [2.45, 2.75) is 25.5 Å². The minimum absolute atomic E-state index is 0.290. The summed E-state index contributed by atoms with van der Waals surface area (Å²) in [4.78, 5) is 13.0. The van der Waals surface area contributed by atoms with Crippen molar-refractivity contribution in [2.24, 2.45) is 5.10 Å². The fourth-order valence-corrected chi connectivity index (χ4v) is 3.09. The number of carbonyl (C=O) groups excluding carboxylic acids is 1. The van der Waals surface area contributed by atoms with Crippen molar-refractivity contribution < 1.29 is 14.6 Å². The molecule has 0 unspecified atom stereocenters. The predicted octanol–water partition coefficient (Wildman–Crippen LogP) is 3.91. The minimum Gasteiger partial charge on any atom is -0.497 e. The number of carbonyl (C=O) groups is 1. The van der Waals surface area contributed by atoms with Crippen LogP contribution in [0, 0.1) is 0 Å². The van der Waals surface area contributed by atoms with Gasteiger partial charge >= 0.3 is 0 Å². The molecule has 6 heteroatoms. The molecule has 0 fully saturated rings. The molecule has 2 aromatic rings. The van der Waals surface area contributed by atoms with Gasteiger partial charge in [-0.25, -0.2) is 0 Å². The highest BCUT2D eigenvalue weighted by atomic mass is 79.9. The molecule has 1 atom stereocenters. The first-order chi connectivity index (χ1) is 12.0. The average Bonchev–Trinajstić information content (AvgIpc) is 3.00. The second-order valence-corrected chi connectivity index (χ2v) is 6.78. The summed E-state index contributed by atoms with van der Waals surface area (Å²) in [7, 11) is 1.58. The predicted molar refractivity (Wildman–Crippen MR) is 99.5 cm³/mol. The molecule has 0 spiro atoms. The van der Waals surface area contributed by atoms with E-state index in [9.17, 15) is 9.90 Å². The van der Waals surface area contributed by atoms with E-state index in [0.717, 1.165) is 10.2 Å². The van der Waals surface area contributed by atoms with E-state index >= 15 is 0 Å². The third kappa shape index (κ3) is 3.32. The van der Waals surface area contributed by atoms with Crippen LogP contribution >= 0.6 is 15.9 Å². The molecule has 1 N–H and O–H groups in total. The molecule has 0 saturated heterocycles. The summed E-state index contributed by atoms with van der Waals surface area (Å²) in [5.41, 5.74) is 0.355. The molecule has 3 rings (SSSR count). The van der Waals surface area contributed by atoms with E-state index in [0.29, 0.717) is 23.3 Å². The molecule has 0 bridgehead atoms. The number of hydrogen-bond acceptors (Lipinski definition) is 4. The largest absolute Gasteiger partial charge is 0.497 e. The Hall–Kier alpha value is -2.18. The number of amides is 1. The van der Waals surface area contributed by atoms with Gasteiger partial charge in [-0.15, -0.1) is 0 Å². The van der Waals surface area contributed by atoms with Crippen LogP contribution in [0.15, 0.2) is 58.1 Å². The molecule has 1 aliphatic heterocycles. The zero-order valence-electron chi connectivity index (χ0n) is 14.1. The summed E-state index contributed by atoms with van der Waals surface area (Å²) < 4.78 is 6.05. The van der Waals surface area contributed by atoms with Gasteiger partial charge in [0.05, 0.1) is 7.11 Å². The number of hydrazone groups is 1. The van der Waals surface area contributed by atoms with E-state index in [-0.39, 0.29) is 12.3 Å². The van der Waals surface area contributed by atoms with Crippen molar-refractivity contribution >= 4 is 27.5 Å². The van der Waals surface area contributed by atoms with Crippen LogP contribution in [0.25, 0.3) is 0 Å². The van der Waals surface area contributed by atoms with E-state index in [1.54, 1.807) is 55.6 Å². The van der Waals surface area contributed by atoms with Crippen molar-refractivity contribution in [1.29, 1.82) is 0 Å². The Bertz CT molecular complexity index is 802. The Morgan fingerprint density at radius 3 is 2.44 bits per heavy atom. The van der Waals surface area contributed by atoms with Gasteiger partial charge in [0.1, 0.15) is 5.75 Å². The smallest absolute Gasteiger partial charge is 0.276 e. The Kier molecular flexibility index (Phi) is 4.92. The van der Waals surface area contributed by atoms with E-state index in [1.807, 2.05) is 6.92 Å². The van der Waals surface area contributed by atoms with Gasteiger partial charge in [-0.1, -0.05) is 35.0 Å². The molecule has 0 aromatic heterocycles. The van der Waals surface area contributed by atoms with Gasteiger partial charge in [0.2, 0.25) is 0 Å². The molecular weight excluding hydrogens is 384 g/mol. The van der Waals surface area contributed by atoms with Gasteiger partial charge in [-0.05, 0) is 42.8 Å². The lowest BCUT2D eigenvalue weighted by Gasteiger charge is -2.31. The lowest BCUT2D eigenvalue weighted by Crippen LogP contribution is -2.43. The molecule has 1 heterocycles. The van der Waals surface area contributed by atoms with Gasteiger partial charge in [-0.2, -0.15) is 10.1 Å². The number of ether oxygens (including phenoxy) is 1. The zero-order valence-corrected chi connectivity index (χ0v) is 15.7. The van der Waals surface area contributed by atoms with Gasteiger partial charge in [0.25, 0.3) is 5.91 Å². The van der Waals surface area contributed by atoms with Crippen molar-refractivity contribution in [3.05, 3.63) is 64.1 Å².